The molecule has 0 atom stereocenters. The van der Waals surface area contributed by atoms with Gasteiger partial charge in [-0.1, -0.05) is 12.8 Å². The van der Waals surface area contributed by atoms with Crippen molar-refractivity contribution in [1.29, 1.82) is 0 Å². The van der Waals surface area contributed by atoms with Crippen LogP contribution in [-0.2, 0) is 9.59 Å². The summed E-state index contributed by atoms with van der Waals surface area (Å²) >= 11 is 0. The Morgan fingerprint density at radius 1 is 1.22 bits per heavy atom. The van der Waals surface area contributed by atoms with Gasteiger partial charge in [-0.25, -0.2) is 0 Å². The number of carbonyl (C=O) groups excluding carboxylic acids is 2. The minimum absolute atomic E-state index is 0.0777. The number of amides is 2. The molecule has 0 unspecified atom stereocenters. The third-order valence-corrected chi connectivity index (χ3v) is 4.37. The zero-order chi connectivity index (χ0) is 13.2. The van der Waals surface area contributed by atoms with Gasteiger partial charge >= 0.3 is 0 Å². The van der Waals surface area contributed by atoms with Gasteiger partial charge in [0.15, 0.2) is 0 Å². The fourth-order valence-corrected chi connectivity index (χ4v) is 3.13. The summed E-state index contributed by atoms with van der Waals surface area (Å²) in [5.41, 5.74) is 5.00. The molecule has 102 valence electrons. The molecule has 2 aliphatic rings. The van der Waals surface area contributed by atoms with E-state index >= 15 is 0 Å². The van der Waals surface area contributed by atoms with E-state index in [2.05, 4.69) is 5.32 Å². The van der Waals surface area contributed by atoms with Crippen LogP contribution in [0.4, 0.5) is 0 Å². The number of nitrogens with zero attached hydrogens (tertiary/aromatic N) is 1. The average molecular weight is 253 g/mol. The van der Waals surface area contributed by atoms with Crippen LogP contribution < -0.4 is 11.1 Å². The number of primary amides is 1. The Morgan fingerprint density at radius 2 is 1.78 bits per heavy atom. The van der Waals surface area contributed by atoms with E-state index in [1.165, 1.54) is 12.8 Å². The highest BCUT2D eigenvalue weighted by Crippen LogP contribution is 2.27. The van der Waals surface area contributed by atoms with Gasteiger partial charge < -0.3 is 16.0 Å². The van der Waals surface area contributed by atoms with Gasteiger partial charge in [0.05, 0.1) is 0 Å². The van der Waals surface area contributed by atoms with Crippen LogP contribution in [0.1, 0.15) is 45.4 Å². The molecule has 0 aromatic rings. The zero-order valence-electron chi connectivity index (χ0n) is 11.1. The number of carbonyl (C=O) groups is 2. The van der Waals surface area contributed by atoms with Crippen LogP contribution >= 0.6 is 0 Å². The standard InChI is InChI=1S/C13H23N3O2/c1-10(17)16-8-6-13(7-9-16,12(14)18)15-11-4-2-3-5-11/h11,15H,2-9H2,1H3,(H2,14,18). The van der Waals surface area contributed by atoms with Gasteiger partial charge in [-0.15, -0.1) is 0 Å². The van der Waals surface area contributed by atoms with E-state index in [4.69, 9.17) is 5.73 Å². The maximum Gasteiger partial charge on any atom is 0.237 e. The lowest BCUT2D eigenvalue weighted by Gasteiger charge is -2.41. The van der Waals surface area contributed by atoms with Crippen molar-refractivity contribution < 1.29 is 9.59 Å². The van der Waals surface area contributed by atoms with Gasteiger partial charge in [0.2, 0.25) is 11.8 Å². The van der Waals surface area contributed by atoms with E-state index < -0.39 is 5.54 Å². The highest BCUT2D eigenvalue weighted by Gasteiger charge is 2.41. The second-order valence-electron chi connectivity index (χ2n) is 5.58. The third-order valence-electron chi connectivity index (χ3n) is 4.37. The molecule has 1 heterocycles. The first-order valence-corrected chi connectivity index (χ1v) is 6.87. The predicted molar refractivity (Wildman–Crippen MR) is 68.8 cm³/mol. The lowest BCUT2D eigenvalue weighted by Crippen LogP contribution is -2.63. The molecule has 0 spiro atoms. The summed E-state index contributed by atoms with van der Waals surface area (Å²) in [6.45, 7) is 2.82. The third kappa shape index (κ3) is 2.66. The van der Waals surface area contributed by atoms with E-state index in [1.807, 2.05) is 0 Å². The van der Waals surface area contributed by atoms with Gasteiger partial charge in [-0.3, -0.25) is 9.59 Å². The SMILES string of the molecule is CC(=O)N1CCC(NC2CCCC2)(C(N)=O)CC1. The molecular formula is C13H23N3O2. The van der Waals surface area contributed by atoms with Crippen LogP contribution in [0.3, 0.4) is 0 Å². The molecule has 0 aromatic carbocycles. The number of piperidine rings is 1. The first-order chi connectivity index (χ1) is 8.53. The van der Waals surface area contributed by atoms with Gasteiger partial charge in [0.1, 0.15) is 5.54 Å². The van der Waals surface area contributed by atoms with Crippen molar-refractivity contribution in [2.24, 2.45) is 5.73 Å². The second-order valence-corrected chi connectivity index (χ2v) is 5.58. The van der Waals surface area contributed by atoms with Crippen LogP contribution in [0, 0.1) is 0 Å². The summed E-state index contributed by atoms with van der Waals surface area (Å²) in [5, 5.41) is 3.48. The van der Waals surface area contributed by atoms with Crippen molar-refractivity contribution in [3.63, 3.8) is 0 Å². The normalized spacial score (nSPS) is 24.2. The lowest BCUT2D eigenvalue weighted by molar-refractivity contribution is -0.135. The average Bonchev–Trinajstić information content (AvgIpc) is 2.82. The Kier molecular flexibility index (Phi) is 3.90. The van der Waals surface area contributed by atoms with E-state index in [1.54, 1.807) is 11.8 Å². The van der Waals surface area contributed by atoms with Crippen LogP contribution in [0.2, 0.25) is 0 Å². The Morgan fingerprint density at radius 3 is 2.22 bits per heavy atom. The summed E-state index contributed by atoms with van der Waals surface area (Å²) in [7, 11) is 0. The monoisotopic (exact) mass is 253 g/mol. The largest absolute Gasteiger partial charge is 0.368 e. The molecule has 1 saturated heterocycles. The number of nitrogens with two attached hydrogens (primary N) is 1. The number of hydrogen-bond donors (Lipinski definition) is 2. The van der Waals surface area contributed by atoms with Crippen molar-refractivity contribution in [3.8, 4) is 0 Å². The maximum atomic E-state index is 11.8. The fraction of sp³-hybridized carbons (Fsp3) is 0.846. The van der Waals surface area contributed by atoms with Crippen molar-refractivity contribution in [2.45, 2.75) is 57.0 Å². The van der Waals surface area contributed by atoms with Gasteiger partial charge in [0, 0.05) is 26.1 Å². The Bertz CT molecular complexity index is 329. The molecule has 5 nitrogen and oxygen atoms in total. The Labute approximate surface area is 108 Å². The second kappa shape index (κ2) is 5.26. The summed E-state index contributed by atoms with van der Waals surface area (Å²) in [6, 6.07) is 0.418. The van der Waals surface area contributed by atoms with E-state index in [0.29, 0.717) is 32.0 Å². The molecule has 2 amide bonds. The number of hydrogen-bond acceptors (Lipinski definition) is 3. The molecule has 5 heteroatoms. The molecule has 0 radical (unpaired) electrons. The zero-order valence-corrected chi connectivity index (χ0v) is 11.1. The summed E-state index contributed by atoms with van der Waals surface area (Å²) in [5.74, 6) is -0.188. The molecule has 1 aliphatic heterocycles. The Hall–Kier alpha value is -1.10. The van der Waals surface area contributed by atoms with Crippen molar-refractivity contribution in [1.82, 2.24) is 10.2 Å². The van der Waals surface area contributed by atoms with Gasteiger partial charge in [0.25, 0.3) is 0 Å². The fourth-order valence-electron chi connectivity index (χ4n) is 3.13. The van der Waals surface area contributed by atoms with E-state index in [0.717, 1.165) is 12.8 Å². The molecule has 2 fully saturated rings. The first-order valence-electron chi connectivity index (χ1n) is 6.87. The van der Waals surface area contributed by atoms with Crippen LogP contribution in [0.5, 0.6) is 0 Å². The molecule has 1 aliphatic carbocycles. The summed E-state index contributed by atoms with van der Waals surface area (Å²) < 4.78 is 0. The Balaban J connectivity index is 2.00. The maximum absolute atomic E-state index is 11.8. The molecular weight excluding hydrogens is 230 g/mol. The number of rotatable bonds is 3. The van der Waals surface area contributed by atoms with Crippen molar-refractivity contribution in [2.75, 3.05) is 13.1 Å². The molecule has 0 aromatic heterocycles. The van der Waals surface area contributed by atoms with Crippen LogP contribution in [0.25, 0.3) is 0 Å². The summed E-state index contributed by atoms with van der Waals surface area (Å²) in [6.07, 6.45) is 5.99. The molecule has 1 saturated carbocycles. The van der Waals surface area contributed by atoms with Crippen molar-refractivity contribution in [3.05, 3.63) is 0 Å². The van der Waals surface area contributed by atoms with E-state index in [9.17, 15) is 9.59 Å². The minimum atomic E-state index is -0.596. The van der Waals surface area contributed by atoms with E-state index in [-0.39, 0.29) is 11.8 Å². The molecule has 18 heavy (non-hydrogen) atoms. The number of likely N-dealkylation sites (tertiary alicyclic amines) is 1. The topological polar surface area (TPSA) is 75.4 Å². The number of nitrogens with one attached hydrogen (secondary N) is 1. The molecule has 3 N–H and O–H groups in total. The molecule has 0 bridgehead atoms. The lowest BCUT2D eigenvalue weighted by atomic mass is 9.85. The highest BCUT2D eigenvalue weighted by atomic mass is 16.2. The van der Waals surface area contributed by atoms with Gasteiger partial charge in [-0.05, 0) is 25.7 Å². The highest BCUT2D eigenvalue weighted by molar-refractivity contribution is 5.85. The quantitative estimate of drug-likeness (QED) is 0.763. The van der Waals surface area contributed by atoms with Crippen LogP contribution in [0.15, 0.2) is 0 Å². The van der Waals surface area contributed by atoms with Crippen LogP contribution in [-0.4, -0.2) is 41.4 Å². The van der Waals surface area contributed by atoms with Gasteiger partial charge in [-0.2, -0.15) is 0 Å². The predicted octanol–water partition coefficient (Wildman–Crippen LogP) is 0.385. The first kappa shape index (κ1) is 13.3. The van der Waals surface area contributed by atoms with Crippen molar-refractivity contribution >= 4 is 11.8 Å². The smallest absolute Gasteiger partial charge is 0.237 e. The molecule has 2 rings (SSSR count). The minimum Gasteiger partial charge on any atom is -0.368 e. The summed E-state index contributed by atoms with van der Waals surface area (Å²) in [4.78, 5) is 24.9.